The van der Waals surface area contributed by atoms with Crippen LogP contribution < -0.4 is 11.3 Å². The van der Waals surface area contributed by atoms with Crippen LogP contribution in [0.15, 0.2) is 48.7 Å². The van der Waals surface area contributed by atoms with E-state index in [9.17, 15) is 4.39 Å². The Hall–Kier alpha value is -1.78. The first-order valence-corrected chi connectivity index (χ1v) is 5.41. The molecule has 0 saturated heterocycles. The van der Waals surface area contributed by atoms with Crippen molar-refractivity contribution < 1.29 is 4.39 Å². The fourth-order valence-corrected chi connectivity index (χ4v) is 1.73. The fourth-order valence-electron chi connectivity index (χ4n) is 1.73. The second-order valence-corrected chi connectivity index (χ2v) is 3.81. The number of benzene rings is 1. The van der Waals surface area contributed by atoms with Crippen molar-refractivity contribution in [2.24, 2.45) is 5.84 Å². The lowest BCUT2D eigenvalue weighted by Gasteiger charge is -2.15. The summed E-state index contributed by atoms with van der Waals surface area (Å²) in [6, 6.07) is 12.0. The molecule has 1 atom stereocenters. The van der Waals surface area contributed by atoms with Gasteiger partial charge in [-0.2, -0.15) is 0 Å². The summed E-state index contributed by atoms with van der Waals surface area (Å²) in [5.74, 6) is 5.27. The normalized spacial score (nSPS) is 12.4. The summed E-state index contributed by atoms with van der Waals surface area (Å²) in [4.78, 5) is 4.23. The zero-order chi connectivity index (χ0) is 12.1. The highest BCUT2D eigenvalue weighted by molar-refractivity contribution is 5.20. The number of nitrogens with one attached hydrogen (secondary N) is 1. The lowest BCUT2D eigenvalue weighted by Crippen LogP contribution is -2.30. The molecule has 4 heteroatoms. The van der Waals surface area contributed by atoms with Crippen molar-refractivity contribution in [3.05, 3.63) is 65.7 Å². The Morgan fingerprint density at radius 2 is 2.12 bits per heavy atom. The Morgan fingerprint density at radius 3 is 2.76 bits per heavy atom. The summed E-state index contributed by atoms with van der Waals surface area (Å²) in [6.07, 6.45) is 2.32. The van der Waals surface area contributed by atoms with Crippen LogP contribution in [0.1, 0.15) is 17.3 Å². The zero-order valence-corrected chi connectivity index (χ0v) is 9.31. The highest BCUT2D eigenvalue weighted by Gasteiger charge is 2.11. The van der Waals surface area contributed by atoms with E-state index in [1.54, 1.807) is 12.3 Å². The minimum Gasteiger partial charge on any atom is -0.271 e. The number of halogens is 1. The maximum atomic E-state index is 13.1. The number of hydrogen-bond donors (Lipinski definition) is 2. The van der Waals surface area contributed by atoms with Crippen LogP contribution >= 0.6 is 0 Å². The predicted molar refractivity (Wildman–Crippen MR) is 64.4 cm³/mol. The Bertz CT molecular complexity index is 473. The average molecular weight is 231 g/mol. The van der Waals surface area contributed by atoms with Crippen molar-refractivity contribution >= 4 is 0 Å². The molecule has 0 aliphatic rings. The highest BCUT2D eigenvalue weighted by Crippen LogP contribution is 2.16. The molecule has 1 aromatic carbocycles. The molecule has 3 nitrogen and oxygen atoms in total. The van der Waals surface area contributed by atoms with E-state index in [1.165, 1.54) is 12.1 Å². The van der Waals surface area contributed by atoms with Crippen molar-refractivity contribution in [3.8, 4) is 0 Å². The van der Waals surface area contributed by atoms with Gasteiger partial charge in [0.2, 0.25) is 0 Å². The Kier molecular flexibility index (Phi) is 3.80. The molecule has 0 bridgehead atoms. The van der Waals surface area contributed by atoms with Gasteiger partial charge in [-0.15, -0.1) is 0 Å². The molecule has 0 saturated carbocycles. The number of nitrogens with two attached hydrogens (primary N) is 1. The monoisotopic (exact) mass is 231 g/mol. The number of nitrogens with zero attached hydrogens (tertiary/aromatic N) is 1. The van der Waals surface area contributed by atoms with Gasteiger partial charge in [-0.05, 0) is 36.2 Å². The molecule has 88 valence electrons. The Morgan fingerprint density at radius 1 is 1.24 bits per heavy atom. The van der Waals surface area contributed by atoms with E-state index in [2.05, 4.69) is 10.4 Å². The smallest absolute Gasteiger partial charge is 0.123 e. The molecular formula is C13H14FN3. The van der Waals surface area contributed by atoms with E-state index >= 15 is 0 Å². The number of rotatable bonds is 4. The molecule has 0 fully saturated rings. The topological polar surface area (TPSA) is 50.9 Å². The van der Waals surface area contributed by atoms with E-state index in [0.29, 0.717) is 6.42 Å². The van der Waals surface area contributed by atoms with E-state index in [0.717, 1.165) is 11.3 Å². The number of hydrazine groups is 1. The first-order valence-electron chi connectivity index (χ1n) is 5.41. The lowest BCUT2D eigenvalue weighted by molar-refractivity contribution is 0.535. The third-order valence-electron chi connectivity index (χ3n) is 2.57. The van der Waals surface area contributed by atoms with Gasteiger partial charge in [0.25, 0.3) is 0 Å². The average Bonchev–Trinajstić information content (AvgIpc) is 2.37. The van der Waals surface area contributed by atoms with Crippen LogP contribution in [0.25, 0.3) is 0 Å². The second kappa shape index (κ2) is 5.52. The standard InChI is InChI=1S/C13H14FN3/c14-11-5-3-4-10(8-11)9-13(17-15)12-6-1-2-7-16-12/h1-8,13,17H,9,15H2. The zero-order valence-electron chi connectivity index (χ0n) is 9.31. The van der Waals surface area contributed by atoms with Crippen molar-refractivity contribution in [1.82, 2.24) is 10.4 Å². The summed E-state index contributed by atoms with van der Waals surface area (Å²) in [7, 11) is 0. The number of aromatic nitrogens is 1. The summed E-state index contributed by atoms with van der Waals surface area (Å²) in [5, 5.41) is 0. The van der Waals surface area contributed by atoms with Gasteiger partial charge in [-0.25, -0.2) is 4.39 Å². The van der Waals surface area contributed by atoms with Crippen LogP contribution in [0, 0.1) is 5.82 Å². The van der Waals surface area contributed by atoms with Crippen LogP contribution in [0.4, 0.5) is 4.39 Å². The minimum absolute atomic E-state index is 0.113. The van der Waals surface area contributed by atoms with Crippen LogP contribution in [-0.4, -0.2) is 4.98 Å². The molecule has 3 N–H and O–H groups in total. The van der Waals surface area contributed by atoms with Gasteiger partial charge < -0.3 is 0 Å². The molecular weight excluding hydrogens is 217 g/mol. The van der Waals surface area contributed by atoms with Gasteiger partial charge in [-0.1, -0.05) is 18.2 Å². The van der Waals surface area contributed by atoms with Crippen LogP contribution in [0.5, 0.6) is 0 Å². The van der Waals surface area contributed by atoms with Crippen molar-refractivity contribution in [1.29, 1.82) is 0 Å². The third kappa shape index (κ3) is 3.09. The van der Waals surface area contributed by atoms with Crippen molar-refractivity contribution in [2.45, 2.75) is 12.5 Å². The van der Waals surface area contributed by atoms with Crippen LogP contribution in [0.2, 0.25) is 0 Å². The van der Waals surface area contributed by atoms with Gasteiger partial charge in [0.1, 0.15) is 5.82 Å². The SMILES string of the molecule is NNC(Cc1cccc(F)c1)c1ccccn1. The number of hydrogen-bond acceptors (Lipinski definition) is 3. The largest absolute Gasteiger partial charge is 0.271 e. The van der Waals surface area contributed by atoms with E-state index < -0.39 is 0 Å². The van der Waals surface area contributed by atoms with Gasteiger partial charge in [0, 0.05) is 6.20 Å². The predicted octanol–water partition coefficient (Wildman–Crippen LogP) is 1.97. The van der Waals surface area contributed by atoms with E-state index in [-0.39, 0.29) is 11.9 Å². The van der Waals surface area contributed by atoms with Gasteiger partial charge in [-0.3, -0.25) is 16.3 Å². The molecule has 0 aliphatic carbocycles. The molecule has 2 rings (SSSR count). The van der Waals surface area contributed by atoms with E-state index in [1.807, 2.05) is 24.3 Å². The molecule has 17 heavy (non-hydrogen) atoms. The number of pyridine rings is 1. The molecule has 0 spiro atoms. The molecule has 1 aromatic heterocycles. The van der Waals surface area contributed by atoms with Crippen molar-refractivity contribution in [3.63, 3.8) is 0 Å². The molecule has 0 aliphatic heterocycles. The van der Waals surface area contributed by atoms with Crippen molar-refractivity contribution in [2.75, 3.05) is 0 Å². The van der Waals surface area contributed by atoms with Crippen LogP contribution in [0.3, 0.4) is 0 Å². The molecule has 0 radical (unpaired) electrons. The third-order valence-corrected chi connectivity index (χ3v) is 2.57. The first-order chi connectivity index (χ1) is 8.29. The second-order valence-electron chi connectivity index (χ2n) is 3.81. The van der Waals surface area contributed by atoms with Gasteiger partial charge in [0.15, 0.2) is 0 Å². The van der Waals surface area contributed by atoms with Gasteiger partial charge in [0.05, 0.1) is 11.7 Å². The molecule has 0 amide bonds. The quantitative estimate of drug-likeness (QED) is 0.624. The fraction of sp³-hybridized carbons (Fsp3) is 0.154. The Labute approximate surface area is 99.5 Å². The van der Waals surface area contributed by atoms with Gasteiger partial charge >= 0.3 is 0 Å². The maximum absolute atomic E-state index is 13.1. The summed E-state index contributed by atoms with van der Waals surface area (Å²) < 4.78 is 13.1. The minimum atomic E-state index is -0.237. The van der Waals surface area contributed by atoms with E-state index in [4.69, 9.17) is 5.84 Å². The lowest BCUT2D eigenvalue weighted by atomic mass is 10.0. The first kappa shape index (κ1) is 11.7. The summed E-state index contributed by atoms with van der Waals surface area (Å²) in [6.45, 7) is 0. The maximum Gasteiger partial charge on any atom is 0.123 e. The summed E-state index contributed by atoms with van der Waals surface area (Å²) >= 11 is 0. The highest BCUT2D eigenvalue weighted by atomic mass is 19.1. The Balaban J connectivity index is 2.16. The molecule has 2 aromatic rings. The van der Waals surface area contributed by atoms with Crippen LogP contribution in [-0.2, 0) is 6.42 Å². The summed E-state index contributed by atoms with van der Waals surface area (Å²) in [5.41, 5.74) is 4.44. The molecule has 1 heterocycles. The molecule has 1 unspecified atom stereocenters.